The summed E-state index contributed by atoms with van der Waals surface area (Å²) in [7, 11) is 0. The summed E-state index contributed by atoms with van der Waals surface area (Å²) in [6.45, 7) is 0. The maximum absolute atomic E-state index is 7.72. The normalized spacial score (nSPS) is 58.0. The zero-order chi connectivity index (χ0) is 30.6. The Hall–Kier alpha value is 0.190. The molecule has 0 bridgehead atoms. The van der Waals surface area contributed by atoms with E-state index in [4.69, 9.17) is 14.2 Å². The van der Waals surface area contributed by atoms with Crippen molar-refractivity contribution in [3.63, 3.8) is 0 Å². The average Bonchev–Trinajstić information content (AvgIpc) is 3.87. The maximum atomic E-state index is 7.72. The van der Waals surface area contributed by atoms with Crippen molar-refractivity contribution in [1.82, 2.24) is 4.90 Å². The van der Waals surface area contributed by atoms with Crippen molar-refractivity contribution in [3.8, 4) is 0 Å². The highest BCUT2D eigenvalue weighted by Crippen LogP contribution is 2.61. The molecule has 0 aromatic heterocycles. The Morgan fingerprint density at radius 3 is 1.64 bits per heavy atom. The van der Waals surface area contributed by atoms with E-state index in [1.54, 1.807) is 0 Å². The highest BCUT2D eigenvalue weighted by molar-refractivity contribution is 8.00. The fraction of sp³-hybridized carbons (Fsp3) is 1.00. The van der Waals surface area contributed by atoms with Crippen molar-refractivity contribution < 1.29 is 14.2 Å². The third-order valence-electron chi connectivity index (χ3n) is 17.5. The molecular weight excluding hydrogens is 599 g/mol. The van der Waals surface area contributed by atoms with Crippen LogP contribution in [0.3, 0.4) is 0 Å². The molecule has 19 atom stereocenters. The molecule has 0 N–H and O–H groups in total. The minimum atomic E-state index is 0.486. The highest BCUT2D eigenvalue weighted by Gasteiger charge is 2.61. The second-order valence-electron chi connectivity index (χ2n) is 19.2. The molecule has 0 amide bonds. The topological polar surface area (TPSA) is 30.9 Å². The van der Waals surface area contributed by atoms with Gasteiger partial charge in [-0.2, -0.15) is 11.8 Å². The summed E-state index contributed by atoms with van der Waals surface area (Å²) in [5.41, 5.74) is 0. The molecule has 19 unspecified atom stereocenters. The van der Waals surface area contributed by atoms with E-state index in [-0.39, 0.29) is 0 Å². The number of fused-ring (bicyclic) bond motifs is 13. The predicted octanol–water partition coefficient (Wildman–Crippen LogP) is 9.18. The van der Waals surface area contributed by atoms with Crippen LogP contribution >= 0.6 is 11.8 Å². The van der Waals surface area contributed by atoms with Crippen molar-refractivity contribution >= 4 is 11.8 Å². The van der Waals surface area contributed by atoms with Gasteiger partial charge >= 0.3 is 0 Å². The van der Waals surface area contributed by atoms with E-state index in [2.05, 4.69) is 16.7 Å². The monoisotopic (exact) mass is 663 g/mol. The van der Waals surface area contributed by atoms with Crippen molar-refractivity contribution in [3.05, 3.63) is 0 Å². The van der Waals surface area contributed by atoms with E-state index >= 15 is 0 Å². The fourth-order valence-electron chi connectivity index (χ4n) is 15.8. The van der Waals surface area contributed by atoms with E-state index in [0.717, 1.165) is 57.8 Å². The minimum Gasteiger partial charge on any atom is -0.374 e. The molecular formula is C42H65NO3S. The van der Waals surface area contributed by atoms with Gasteiger partial charge in [-0.25, -0.2) is 0 Å². The quantitative estimate of drug-likeness (QED) is 0.301. The van der Waals surface area contributed by atoms with Gasteiger partial charge in [0.05, 0.1) is 36.6 Å². The summed E-state index contributed by atoms with van der Waals surface area (Å²) in [6.07, 6.45) is 35.9. The van der Waals surface area contributed by atoms with Gasteiger partial charge in [0.25, 0.3) is 0 Å². The van der Waals surface area contributed by atoms with E-state index in [1.807, 2.05) is 0 Å². The van der Waals surface area contributed by atoms with Gasteiger partial charge in [-0.3, -0.25) is 4.90 Å². The first kappa shape index (κ1) is 30.8. The van der Waals surface area contributed by atoms with Crippen LogP contribution in [0, 0.1) is 47.3 Å². The predicted molar refractivity (Wildman–Crippen MR) is 188 cm³/mol. The van der Waals surface area contributed by atoms with E-state index < -0.39 is 0 Å². The Morgan fingerprint density at radius 1 is 0.383 bits per heavy atom. The molecule has 0 aromatic rings. The van der Waals surface area contributed by atoms with Gasteiger partial charge in [0.1, 0.15) is 0 Å². The van der Waals surface area contributed by atoms with E-state index in [0.29, 0.717) is 54.7 Å². The van der Waals surface area contributed by atoms with Gasteiger partial charge in [-0.05, 0) is 144 Å². The molecule has 0 radical (unpaired) electrons. The largest absolute Gasteiger partial charge is 0.374 e. The fourth-order valence-corrected chi connectivity index (χ4v) is 17.9. The van der Waals surface area contributed by atoms with Crippen molar-refractivity contribution in [2.45, 2.75) is 213 Å². The molecule has 11 fully saturated rings. The second-order valence-corrected chi connectivity index (χ2v) is 20.7. The number of ether oxygens (including phenoxy) is 3. The maximum Gasteiger partial charge on any atom is 0.0766 e. The van der Waals surface area contributed by atoms with Crippen LogP contribution in [0.15, 0.2) is 0 Å². The summed E-state index contributed by atoms with van der Waals surface area (Å²) in [5.74, 6) is 6.92. The summed E-state index contributed by atoms with van der Waals surface area (Å²) in [4.78, 5) is 3.24. The van der Waals surface area contributed by atoms with Gasteiger partial charge in [0, 0.05) is 34.5 Å². The molecule has 47 heavy (non-hydrogen) atoms. The van der Waals surface area contributed by atoms with Gasteiger partial charge in [-0.15, -0.1) is 0 Å². The number of nitrogens with zero attached hydrogens (tertiary/aromatic N) is 1. The third-order valence-corrected chi connectivity index (χ3v) is 19.3. The summed E-state index contributed by atoms with van der Waals surface area (Å²) in [6, 6.07) is 2.01. The molecule has 4 nitrogen and oxygen atoms in total. The lowest BCUT2D eigenvalue weighted by Crippen LogP contribution is -2.60. The average molecular weight is 664 g/mol. The smallest absolute Gasteiger partial charge is 0.0766 e. The summed E-state index contributed by atoms with van der Waals surface area (Å²) >= 11 is 2.43. The highest BCUT2D eigenvalue weighted by atomic mass is 32.2. The van der Waals surface area contributed by atoms with E-state index in [9.17, 15) is 0 Å². The first-order valence-corrected chi connectivity index (χ1v) is 22.6. The van der Waals surface area contributed by atoms with Crippen LogP contribution in [0.4, 0.5) is 0 Å². The molecule has 5 heteroatoms. The van der Waals surface area contributed by atoms with Crippen LogP contribution in [0.2, 0.25) is 0 Å². The SMILES string of the molecule is C1CCC2C(C1)OC1CC(N(C3CCC4C(C3)OC3CCCCC34)C3CCCC4C5CCC6SC7CCCCC7C6C5OC43)CCC12. The number of hydrogen-bond donors (Lipinski definition) is 0. The molecule has 4 saturated heterocycles. The van der Waals surface area contributed by atoms with Gasteiger partial charge in [-0.1, -0.05) is 44.9 Å². The van der Waals surface area contributed by atoms with Crippen molar-refractivity contribution in [2.75, 3.05) is 0 Å². The molecule has 4 aliphatic heterocycles. The molecule has 0 aromatic carbocycles. The van der Waals surface area contributed by atoms with Crippen LogP contribution in [-0.2, 0) is 14.2 Å². The third kappa shape index (κ3) is 5.01. The number of rotatable bonds is 3. The Bertz CT molecular complexity index is 1100. The molecule has 7 aliphatic carbocycles. The molecule has 11 rings (SSSR count). The summed E-state index contributed by atoms with van der Waals surface area (Å²) in [5, 5.41) is 1.85. The number of hydrogen-bond acceptors (Lipinski definition) is 5. The van der Waals surface area contributed by atoms with Crippen LogP contribution in [-0.4, -0.2) is 70.1 Å². The lowest BCUT2D eigenvalue weighted by Gasteiger charge is -2.52. The molecule has 11 aliphatic rings. The van der Waals surface area contributed by atoms with Crippen LogP contribution < -0.4 is 0 Å². The van der Waals surface area contributed by atoms with Crippen LogP contribution in [0.5, 0.6) is 0 Å². The Kier molecular flexibility index (Phi) is 8.13. The first-order valence-electron chi connectivity index (χ1n) is 21.7. The van der Waals surface area contributed by atoms with Gasteiger partial charge in [0.2, 0.25) is 0 Å². The number of thioether (sulfide) groups is 1. The summed E-state index contributed by atoms with van der Waals surface area (Å²) < 4.78 is 21.8. The van der Waals surface area contributed by atoms with Crippen LogP contribution in [0.25, 0.3) is 0 Å². The Balaban J connectivity index is 0.887. The van der Waals surface area contributed by atoms with E-state index in [1.165, 1.54) is 148 Å². The second kappa shape index (κ2) is 12.4. The molecule has 0 spiro atoms. The molecule has 7 saturated carbocycles. The van der Waals surface area contributed by atoms with Crippen molar-refractivity contribution in [2.24, 2.45) is 47.3 Å². The minimum absolute atomic E-state index is 0.486. The zero-order valence-electron chi connectivity index (χ0n) is 29.3. The zero-order valence-corrected chi connectivity index (χ0v) is 30.1. The Labute approximate surface area is 290 Å². The standard InChI is InChI=1S/C42H65NO3S/c1-4-13-34-26(8-1)28-18-16-24(22-36(28)44-34)43(25-17-19-29-27-9-2-5-14-35(27)45-37(29)23-25)33-12-7-11-30-31-20-21-39-40(42(31)46-41(30)33)32-10-3-6-15-38(32)47-39/h24-42H,1-23H2. The lowest BCUT2D eigenvalue weighted by atomic mass is 9.64. The van der Waals surface area contributed by atoms with Crippen molar-refractivity contribution in [1.29, 1.82) is 0 Å². The molecule has 262 valence electrons. The molecule has 4 heterocycles. The Morgan fingerprint density at radius 2 is 0.936 bits per heavy atom. The first-order chi connectivity index (χ1) is 23.3. The van der Waals surface area contributed by atoms with Crippen LogP contribution in [0.1, 0.15) is 148 Å². The lowest BCUT2D eigenvalue weighted by molar-refractivity contribution is -0.112. The van der Waals surface area contributed by atoms with Gasteiger partial charge in [0.15, 0.2) is 0 Å². The van der Waals surface area contributed by atoms with Gasteiger partial charge < -0.3 is 14.2 Å².